The van der Waals surface area contributed by atoms with Crippen LogP contribution in [0.15, 0.2) is 60.0 Å². The maximum atomic E-state index is 8.11. The number of ether oxygens (including phenoxy) is 1. The highest BCUT2D eigenvalue weighted by molar-refractivity contribution is 7.07. The molecule has 1 aromatic heterocycles. The van der Waals surface area contributed by atoms with Crippen molar-refractivity contribution in [3.63, 3.8) is 0 Å². The van der Waals surface area contributed by atoms with E-state index in [1.54, 1.807) is 7.11 Å². The van der Waals surface area contributed by atoms with E-state index in [0.717, 1.165) is 22.7 Å². The molecule has 0 saturated heterocycles. The van der Waals surface area contributed by atoms with Gasteiger partial charge in [0.15, 0.2) is 4.80 Å². The Morgan fingerprint density at radius 3 is 2.35 bits per heavy atom. The summed E-state index contributed by atoms with van der Waals surface area (Å²) in [5, 5.41) is 10.1. The molecule has 2 aromatic carbocycles. The maximum Gasteiger partial charge on any atom is 0.187 e. The van der Waals surface area contributed by atoms with E-state index in [9.17, 15) is 0 Å². The van der Waals surface area contributed by atoms with Crippen LogP contribution in [-0.4, -0.2) is 11.7 Å². The molecule has 0 radical (unpaired) electrons. The van der Waals surface area contributed by atoms with Crippen molar-refractivity contribution in [2.75, 3.05) is 7.11 Å². The highest BCUT2D eigenvalue weighted by Gasteiger charge is 2.08. The Balaban J connectivity index is 2.13. The van der Waals surface area contributed by atoms with Crippen molar-refractivity contribution < 1.29 is 4.74 Å². The number of rotatable bonds is 3. The molecule has 0 amide bonds. The molecule has 3 nitrogen and oxygen atoms in total. The van der Waals surface area contributed by atoms with Gasteiger partial charge < -0.3 is 4.74 Å². The van der Waals surface area contributed by atoms with Gasteiger partial charge in [0.1, 0.15) is 5.75 Å². The molecule has 0 saturated carbocycles. The molecule has 4 heteroatoms. The molecule has 0 aliphatic heterocycles. The van der Waals surface area contributed by atoms with Crippen LogP contribution < -0.4 is 9.54 Å². The third-order valence-corrected chi connectivity index (χ3v) is 3.87. The topological polar surface area (TPSA) is 38.0 Å². The van der Waals surface area contributed by atoms with Crippen LogP contribution in [0.4, 0.5) is 0 Å². The molecule has 3 rings (SSSR count). The lowest BCUT2D eigenvalue weighted by atomic mass is 10.1. The van der Waals surface area contributed by atoms with Gasteiger partial charge in [0, 0.05) is 11.1 Å². The SMILES string of the molecule is COc1ccc(-c2csc(=N)n2-c2ccccc2)cc1. The van der Waals surface area contributed by atoms with E-state index in [0.29, 0.717) is 4.80 Å². The molecule has 1 N–H and O–H groups in total. The first kappa shape index (κ1) is 12.7. The molecule has 1 heterocycles. The monoisotopic (exact) mass is 282 g/mol. The molecule has 0 bridgehead atoms. The molecular formula is C16H14N2OS. The lowest BCUT2D eigenvalue weighted by Crippen LogP contribution is -2.11. The van der Waals surface area contributed by atoms with Crippen molar-refractivity contribution in [1.29, 1.82) is 5.41 Å². The number of thiazole rings is 1. The number of hydrogen-bond acceptors (Lipinski definition) is 3. The van der Waals surface area contributed by atoms with Gasteiger partial charge in [0.25, 0.3) is 0 Å². The van der Waals surface area contributed by atoms with E-state index in [1.165, 1.54) is 11.3 Å². The summed E-state index contributed by atoms with van der Waals surface area (Å²) in [4.78, 5) is 0.516. The van der Waals surface area contributed by atoms with Crippen molar-refractivity contribution in [2.45, 2.75) is 0 Å². The molecular weight excluding hydrogens is 268 g/mol. The highest BCUT2D eigenvalue weighted by atomic mass is 32.1. The smallest absolute Gasteiger partial charge is 0.187 e. The summed E-state index contributed by atoms with van der Waals surface area (Å²) in [6.07, 6.45) is 0. The molecule has 0 unspecified atom stereocenters. The Bertz CT molecular complexity index is 757. The largest absolute Gasteiger partial charge is 0.497 e. The summed E-state index contributed by atoms with van der Waals surface area (Å²) >= 11 is 1.43. The summed E-state index contributed by atoms with van der Waals surface area (Å²) < 4.78 is 7.13. The fourth-order valence-electron chi connectivity index (χ4n) is 2.12. The van der Waals surface area contributed by atoms with Crippen LogP contribution in [0, 0.1) is 5.41 Å². The second-order valence-electron chi connectivity index (χ2n) is 4.33. The van der Waals surface area contributed by atoms with Crippen LogP contribution in [0.3, 0.4) is 0 Å². The molecule has 20 heavy (non-hydrogen) atoms. The predicted octanol–water partition coefficient (Wildman–Crippen LogP) is 3.69. The first-order valence-corrected chi connectivity index (χ1v) is 7.12. The van der Waals surface area contributed by atoms with Gasteiger partial charge in [-0.2, -0.15) is 0 Å². The van der Waals surface area contributed by atoms with Crippen molar-refractivity contribution in [3.05, 3.63) is 64.8 Å². The number of aromatic nitrogens is 1. The predicted molar refractivity (Wildman–Crippen MR) is 81.5 cm³/mol. The van der Waals surface area contributed by atoms with Gasteiger partial charge in [-0.3, -0.25) is 9.98 Å². The van der Waals surface area contributed by atoms with Crippen LogP contribution in [0.5, 0.6) is 5.75 Å². The molecule has 0 fully saturated rings. The van der Waals surface area contributed by atoms with Crippen molar-refractivity contribution >= 4 is 11.3 Å². The van der Waals surface area contributed by atoms with E-state index in [2.05, 4.69) is 0 Å². The van der Waals surface area contributed by atoms with Crippen LogP contribution in [-0.2, 0) is 0 Å². The average Bonchev–Trinajstić information content (AvgIpc) is 2.90. The Morgan fingerprint density at radius 2 is 1.70 bits per heavy atom. The standard InChI is InChI=1S/C16H14N2OS/c1-19-14-9-7-12(8-10-14)15-11-20-16(17)18(15)13-5-3-2-4-6-13/h2-11,17H,1H3. The summed E-state index contributed by atoms with van der Waals surface area (Å²) in [6.45, 7) is 0. The molecule has 0 aliphatic rings. The fourth-order valence-corrected chi connectivity index (χ4v) is 2.89. The Hall–Kier alpha value is -2.33. The molecule has 0 atom stereocenters. The second-order valence-corrected chi connectivity index (χ2v) is 5.18. The summed E-state index contributed by atoms with van der Waals surface area (Å²) in [5.41, 5.74) is 3.10. The minimum atomic E-state index is 0.516. The van der Waals surface area contributed by atoms with E-state index < -0.39 is 0 Å². The molecule has 3 aromatic rings. The highest BCUT2D eigenvalue weighted by Crippen LogP contribution is 2.25. The number of hydrogen-bond donors (Lipinski definition) is 1. The zero-order valence-corrected chi connectivity index (χ0v) is 11.9. The number of para-hydroxylation sites is 1. The first-order valence-electron chi connectivity index (χ1n) is 6.24. The van der Waals surface area contributed by atoms with Gasteiger partial charge in [0.2, 0.25) is 0 Å². The van der Waals surface area contributed by atoms with Gasteiger partial charge >= 0.3 is 0 Å². The lowest BCUT2D eigenvalue weighted by Gasteiger charge is -2.09. The molecule has 0 aliphatic carbocycles. The van der Waals surface area contributed by atoms with Gasteiger partial charge in [-0.1, -0.05) is 18.2 Å². The zero-order valence-electron chi connectivity index (χ0n) is 11.0. The van der Waals surface area contributed by atoms with Crippen molar-refractivity contribution in [2.24, 2.45) is 0 Å². The normalized spacial score (nSPS) is 10.4. The number of methoxy groups -OCH3 is 1. The first-order chi connectivity index (χ1) is 9.79. The summed E-state index contributed by atoms with van der Waals surface area (Å²) in [7, 11) is 1.66. The van der Waals surface area contributed by atoms with E-state index in [1.807, 2.05) is 64.5 Å². The fraction of sp³-hybridized carbons (Fsp3) is 0.0625. The van der Waals surface area contributed by atoms with Crippen molar-refractivity contribution in [3.8, 4) is 22.7 Å². The average molecular weight is 282 g/mol. The van der Waals surface area contributed by atoms with Crippen LogP contribution in [0.2, 0.25) is 0 Å². The lowest BCUT2D eigenvalue weighted by molar-refractivity contribution is 0.415. The van der Waals surface area contributed by atoms with Crippen molar-refractivity contribution in [1.82, 2.24) is 4.57 Å². The van der Waals surface area contributed by atoms with E-state index in [4.69, 9.17) is 10.1 Å². The zero-order chi connectivity index (χ0) is 13.9. The quantitative estimate of drug-likeness (QED) is 0.781. The summed E-state index contributed by atoms with van der Waals surface area (Å²) in [5.74, 6) is 0.835. The number of benzene rings is 2. The minimum Gasteiger partial charge on any atom is -0.497 e. The second kappa shape index (κ2) is 5.35. The van der Waals surface area contributed by atoms with Crippen LogP contribution >= 0.6 is 11.3 Å². The summed E-state index contributed by atoms with van der Waals surface area (Å²) in [6, 6.07) is 17.9. The van der Waals surface area contributed by atoms with Gasteiger partial charge in [-0.25, -0.2) is 0 Å². The molecule has 100 valence electrons. The Labute approximate surface area is 121 Å². The minimum absolute atomic E-state index is 0.516. The van der Waals surface area contributed by atoms with Gasteiger partial charge in [-0.05, 0) is 42.0 Å². The number of nitrogens with one attached hydrogen (secondary N) is 1. The third-order valence-electron chi connectivity index (χ3n) is 3.13. The van der Waals surface area contributed by atoms with Gasteiger partial charge in [0.05, 0.1) is 12.8 Å². The molecule has 0 spiro atoms. The van der Waals surface area contributed by atoms with E-state index in [-0.39, 0.29) is 0 Å². The maximum absolute atomic E-state index is 8.11. The van der Waals surface area contributed by atoms with E-state index >= 15 is 0 Å². The van der Waals surface area contributed by atoms with Gasteiger partial charge in [-0.15, -0.1) is 11.3 Å². The third kappa shape index (κ3) is 2.26. The number of nitrogens with zero attached hydrogens (tertiary/aromatic N) is 1. The van der Waals surface area contributed by atoms with Crippen LogP contribution in [0.25, 0.3) is 16.9 Å². The Kier molecular flexibility index (Phi) is 3.39. The Morgan fingerprint density at radius 1 is 1.00 bits per heavy atom. The van der Waals surface area contributed by atoms with Crippen LogP contribution in [0.1, 0.15) is 0 Å².